The van der Waals surface area contributed by atoms with Crippen LogP contribution in [0.5, 0.6) is 0 Å². The SMILES string of the molecule is Cc1nn(C(=O)CC(C)C)c(C)c1S(=O)(=O)N1CCc2ccccc2C1. The average Bonchev–Trinajstić information content (AvgIpc) is 2.89. The zero-order valence-corrected chi connectivity index (χ0v) is 16.5. The van der Waals surface area contributed by atoms with Gasteiger partial charge in [-0.2, -0.15) is 9.40 Å². The molecule has 1 aliphatic rings. The molecule has 2 heterocycles. The first-order chi connectivity index (χ1) is 12.2. The van der Waals surface area contributed by atoms with E-state index in [1.807, 2.05) is 38.1 Å². The van der Waals surface area contributed by atoms with Crippen molar-refractivity contribution in [2.24, 2.45) is 5.92 Å². The highest BCUT2D eigenvalue weighted by Gasteiger charge is 2.34. The fraction of sp³-hybridized carbons (Fsp3) is 0.474. The van der Waals surface area contributed by atoms with E-state index < -0.39 is 10.0 Å². The molecule has 0 fully saturated rings. The molecule has 1 aromatic carbocycles. The maximum Gasteiger partial charge on any atom is 0.247 e. The molecular weight excluding hydrogens is 350 g/mol. The predicted octanol–water partition coefficient (Wildman–Crippen LogP) is 2.93. The van der Waals surface area contributed by atoms with Crippen molar-refractivity contribution in [1.82, 2.24) is 14.1 Å². The molecule has 1 aromatic heterocycles. The fourth-order valence-electron chi connectivity index (χ4n) is 3.48. The largest absolute Gasteiger partial charge is 0.273 e. The van der Waals surface area contributed by atoms with Crippen molar-refractivity contribution in [2.45, 2.75) is 52.0 Å². The summed E-state index contributed by atoms with van der Waals surface area (Å²) in [7, 11) is -3.71. The number of carbonyl (C=O) groups excluding carboxylic acids is 1. The molecule has 0 radical (unpaired) electrons. The van der Waals surface area contributed by atoms with Gasteiger partial charge in [0.1, 0.15) is 4.90 Å². The van der Waals surface area contributed by atoms with Crippen LogP contribution in [0.4, 0.5) is 0 Å². The molecule has 0 spiro atoms. The highest BCUT2D eigenvalue weighted by molar-refractivity contribution is 7.89. The van der Waals surface area contributed by atoms with Gasteiger partial charge in [-0.3, -0.25) is 4.79 Å². The molecule has 0 amide bonds. The van der Waals surface area contributed by atoms with Crippen LogP contribution in [0.2, 0.25) is 0 Å². The Kier molecular flexibility index (Phi) is 5.03. The molecule has 0 atom stereocenters. The molecule has 0 bridgehead atoms. The van der Waals surface area contributed by atoms with Crippen molar-refractivity contribution in [2.75, 3.05) is 6.54 Å². The first-order valence-corrected chi connectivity index (χ1v) is 10.3. The number of nitrogens with zero attached hydrogens (tertiary/aromatic N) is 3. The second-order valence-electron chi connectivity index (χ2n) is 7.26. The van der Waals surface area contributed by atoms with Crippen molar-refractivity contribution in [3.05, 3.63) is 46.8 Å². The zero-order valence-electron chi connectivity index (χ0n) is 15.7. The number of fused-ring (bicyclic) bond motifs is 1. The number of rotatable bonds is 4. The van der Waals surface area contributed by atoms with E-state index in [9.17, 15) is 13.2 Å². The van der Waals surface area contributed by atoms with Crippen LogP contribution in [0.25, 0.3) is 0 Å². The smallest absolute Gasteiger partial charge is 0.247 e. The first kappa shape index (κ1) is 18.8. The molecule has 3 rings (SSSR count). The van der Waals surface area contributed by atoms with E-state index in [0.717, 1.165) is 5.56 Å². The molecule has 0 N–H and O–H groups in total. The lowest BCUT2D eigenvalue weighted by molar-refractivity contribution is 0.0867. The summed E-state index contributed by atoms with van der Waals surface area (Å²) in [5.41, 5.74) is 2.99. The van der Waals surface area contributed by atoms with Crippen molar-refractivity contribution in [3.8, 4) is 0 Å². The molecule has 7 heteroatoms. The normalized spacial score (nSPS) is 15.3. The molecule has 2 aromatic rings. The number of aromatic nitrogens is 2. The Balaban J connectivity index is 1.96. The predicted molar refractivity (Wildman–Crippen MR) is 99.5 cm³/mol. The summed E-state index contributed by atoms with van der Waals surface area (Å²) in [6.07, 6.45) is 1.02. The molecule has 1 aliphatic heterocycles. The van der Waals surface area contributed by atoms with Gasteiger partial charge >= 0.3 is 0 Å². The Morgan fingerprint density at radius 1 is 1.19 bits per heavy atom. The van der Waals surface area contributed by atoms with Gasteiger partial charge in [0.05, 0.1) is 11.4 Å². The van der Waals surface area contributed by atoms with Gasteiger partial charge < -0.3 is 0 Å². The third kappa shape index (κ3) is 3.33. The molecular formula is C19H25N3O3S. The quantitative estimate of drug-likeness (QED) is 0.824. The maximum atomic E-state index is 13.3. The summed E-state index contributed by atoms with van der Waals surface area (Å²) in [6, 6.07) is 7.90. The van der Waals surface area contributed by atoms with E-state index in [0.29, 0.717) is 37.3 Å². The Morgan fingerprint density at radius 3 is 2.50 bits per heavy atom. The van der Waals surface area contributed by atoms with E-state index >= 15 is 0 Å². The lowest BCUT2D eigenvalue weighted by Gasteiger charge is -2.28. The van der Waals surface area contributed by atoms with E-state index in [4.69, 9.17) is 0 Å². The van der Waals surface area contributed by atoms with Gasteiger partial charge in [-0.1, -0.05) is 38.1 Å². The number of hydrogen-bond donors (Lipinski definition) is 0. The lowest BCUT2D eigenvalue weighted by atomic mass is 10.0. The Labute approximate surface area is 154 Å². The second-order valence-corrected chi connectivity index (χ2v) is 9.14. The lowest BCUT2D eigenvalue weighted by Crippen LogP contribution is -2.36. The molecule has 6 nitrogen and oxygen atoms in total. The van der Waals surface area contributed by atoms with E-state index in [2.05, 4.69) is 5.10 Å². The Morgan fingerprint density at radius 2 is 1.85 bits per heavy atom. The molecule has 0 saturated heterocycles. The van der Waals surface area contributed by atoms with Gasteiger partial charge in [0.15, 0.2) is 0 Å². The summed E-state index contributed by atoms with van der Waals surface area (Å²) in [5.74, 6) is 0.0103. The highest BCUT2D eigenvalue weighted by atomic mass is 32.2. The van der Waals surface area contributed by atoms with Crippen LogP contribution in [-0.2, 0) is 23.0 Å². The number of sulfonamides is 1. The van der Waals surface area contributed by atoms with Crippen LogP contribution < -0.4 is 0 Å². The summed E-state index contributed by atoms with van der Waals surface area (Å²) >= 11 is 0. The Bertz CT molecular complexity index is 945. The van der Waals surface area contributed by atoms with Crippen LogP contribution >= 0.6 is 0 Å². The maximum absolute atomic E-state index is 13.3. The average molecular weight is 375 g/mol. The third-order valence-electron chi connectivity index (χ3n) is 4.74. The van der Waals surface area contributed by atoms with Crippen molar-refractivity contribution >= 4 is 15.9 Å². The summed E-state index contributed by atoms with van der Waals surface area (Å²) < 4.78 is 29.3. The van der Waals surface area contributed by atoms with Crippen LogP contribution in [0.3, 0.4) is 0 Å². The van der Waals surface area contributed by atoms with E-state index in [-0.39, 0.29) is 16.7 Å². The van der Waals surface area contributed by atoms with Gasteiger partial charge in [-0.25, -0.2) is 13.1 Å². The molecule has 0 aliphatic carbocycles. The number of benzene rings is 1. The monoisotopic (exact) mass is 375 g/mol. The van der Waals surface area contributed by atoms with Gasteiger partial charge in [-0.05, 0) is 37.3 Å². The Hall–Kier alpha value is -1.99. The highest BCUT2D eigenvalue weighted by Crippen LogP contribution is 2.28. The second kappa shape index (κ2) is 6.96. The minimum Gasteiger partial charge on any atom is -0.273 e. The first-order valence-electron chi connectivity index (χ1n) is 8.88. The van der Waals surface area contributed by atoms with Crippen molar-refractivity contribution in [3.63, 3.8) is 0 Å². The van der Waals surface area contributed by atoms with Crippen LogP contribution in [0.1, 0.15) is 47.6 Å². The van der Waals surface area contributed by atoms with E-state index in [1.165, 1.54) is 14.6 Å². The minimum atomic E-state index is -3.71. The number of carbonyl (C=O) groups is 1. The van der Waals surface area contributed by atoms with Crippen molar-refractivity contribution < 1.29 is 13.2 Å². The topological polar surface area (TPSA) is 72.3 Å². The molecule has 26 heavy (non-hydrogen) atoms. The van der Waals surface area contributed by atoms with E-state index in [1.54, 1.807) is 13.8 Å². The molecule has 0 unspecified atom stereocenters. The zero-order chi connectivity index (χ0) is 19.1. The van der Waals surface area contributed by atoms with Gasteiger partial charge in [0, 0.05) is 19.5 Å². The van der Waals surface area contributed by atoms with Gasteiger partial charge in [0.25, 0.3) is 0 Å². The van der Waals surface area contributed by atoms with Crippen molar-refractivity contribution in [1.29, 1.82) is 0 Å². The minimum absolute atomic E-state index is 0.161. The van der Waals surface area contributed by atoms with Crippen LogP contribution in [0, 0.1) is 19.8 Å². The summed E-state index contributed by atoms with van der Waals surface area (Å²) in [4.78, 5) is 12.6. The van der Waals surface area contributed by atoms with Crippen LogP contribution in [-0.4, -0.2) is 35.0 Å². The standard InChI is InChI=1S/C19H25N3O3S/c1-13(2)11-18(23)22-15(4)19(14(3)20-22)26(24,25)21-10-9-16-7-5-6-8-17(16)12-21/h5-8,13H,9-12H2,1-4H3. The molecule has 140 valence electrons. The van der Waals surface area contributed by atoms with Gasteiger partial charge in [0.2, 0.25) is 15.9 Å². The molecule has 0 saturated carbocycles. The fourth-order valence-corrected chi connectivity index (χ4v) is 5.26. The summed E-state index contributed by atoms with van der Waals surface area (Å²) in [6.45, 7) is 7.99. The summed E-state index contributed by atoms with van der Waals surface area (Å²) in [5, 5.41) is 4.23. The number of aryl methyl sites for hydroxylation is 1. The van der Waals surface area contributed by atoms with Crippen LogP contribution in [0.15, 0.2) is 29.2 Å². The van der Waals surface area contributed by atoms with Gasteiger partial charge in [-0.15, -0.1) is 0 Å². The third-order valence-corrected chi connectivity index (χ3v) is 6.84. The number of hydrogen-bond acceptors (Lipinski definition) is 4.